The Hall–Kier alpha value is -4.33. The molecular formula is C32H30FN5O4. The molecule has 2 aliphatic heterocycles. The molecule has 10 heteroatoms. The summed E-state index contributed by atoms with van der Waals surface area (Å²) in [5.74, 6) is 0.423. The number of benzene rings is 2. The number of rotatable bonds is 9. The van der Waals surface area contributed by atoms with E-state index in [0.717, 1.165) is 61.5 Å². The monoisotopic (exact) mass is 567 g/mol. The first-order valence-electron chi connectivity index (χ1n) is 14.3. The predicted molar refractivity (Wildman–Crippen MR) is 150 cm³/mol. The first-order chi connectivity index (χ1) is 20.4. The Bertz CT molecular complexity index is 1730. The molecule has 2 saturated heterocycles. The zero-order chi connectivity index (χ0) is 28.8. The van der Waals surface area contributed by atoms with Crippen LogP contribution in [-0.4, -0.2) is 56.3 Å². The molecular weight excluding hydrogens is 537 g/mol. The first kappa shape index (κ1) is 26.6. The van der Waals surface area contributed by atoms with Crippen molar-refractivity contribution in [1.82, 2.24) is 19.4 Å². The molecule has 1 aliphatic carbocycles. The Balaban J connectivity index is 1.04. The smallest absolute Gasteiger partial charge is 0.335 e. The third-order valence-electron chi connectivity index (χ3n) is 8.98. The van der Waals surface area contributed by atoms with Crippen molar-refractivity contribution >= 4 is 17.0 Å². The molecule has 3 unspecified atom stereocenters. The van der Waals surface area contributed by atoms with E-state index in [-0.39, 0.29) is 29.3 Å². The third kappa shape index (κ3) is 4.89. The van der Waals surface area contributed by atoms with E-state index in [1.807, 2.05) is 18.2 Å². The number of hydrogen-bond donors (Lipinski definition) is 1. The summed E-state index contributed by atoms with van der Waals surface area (Å²) in [6.45, 7) is 4.12. The second-order valence-corrected chi connectivity index (χ2v) is 11.5. The predicted octanol–water partition coefficient (Wildman–Crippen LogP) is 4.67. The van der Waals surface area contributed by atoms with Crippen LogP contribution in [0.2, 0.25) is 0 Å². The van der Waals surface area contributed by atoms with Crippen LogP contribution in [0.3, 0.4) is 0 Å². The Morgan fingerprint density at radius 2 is 2.10 bits per heavy atom. The standard InChI is InChI=1S/C32H30FN5O4/c33-25-12-20(4-5-22(25)15-34)19-42-30-3-1-2-28(36-30)32-9-10-37(16-23(32)14-32)18-29-35-26-7-6-21(31(39)40)13-27(26)38(29)17-24-8-11-41-24/h1-7,12-13,23-24H,8-11,14,16-19H2,(H,39,40). The number of aromatic nitrogens is 3. The van der Waals surface area contributed by atoms with Crippen molar-refractivity contribution in [2.24, 2.45) is 5.92 Å². The number of carboxylic acid groups (broad SMARTS) is 1. The number of hydrogen-bond acceptors (Lipinski definition) is 7. The van der Waals surface area contributed by atoms with Crippen molar-refractivity contribution in [2.75, 3.05) is 19.7 Å². The van der Waals surface area contributed by atoms with Crippen LogP contribution in [0.4, 0.5) is 4.39 Å². The summed E-state index contributed by atoms with van der Waals surface area (Å²) in [4.78, 5) is 23.8. The Morgan fingerprint density at radius 1 is 1.21 bits per heavy atom. The van der Waals surface area contributed by atoms with E-state index in [9.17, 15) is 14.3 Å². The molecule has 0 bridgehead atoms. The number of carbonyl (C=O) groups is 1. The summed E-state index contributed by atoms with van der Waals surface area (Å²) in [5, 5.41) is 18.5. The topological polar surface area (TPSA) is 114 Å². The number of halogens is 1. The molecule has 7 rings (SSSR count). The van der Waals surface area contributed by atoms with Crippen LogP contribution in [-0.2, 0) is 29.8 Å². The van der Waals surface area contributed by atoms with Gasteiger partial charge in [-0.2, -0.15) is 5.26 Å². The number of piperidine rings is 1. The van der Waals surface area contributed by atoms with Gasteiger partial charge in [0.05, 0.1) is 47.0 Å². The van der Waals surface area contributed by atoms with Crippen molar-refractivity contribution in [3.63, 3.8) is 0 Å². The number of ether oxygens (including phenoxy) is 2. The Morgan fingerprint density at radius 3 is 2.83 bits per heavy atom. The molecule has 3 aliphatic rings. The van der Waals surface area contributed by atoms with Crippen molar-refractivity contribution in [3.05, 3.63) is 88.6 Å². The number of fused-ring (bicyclic) bond motifs is 2. The maximum Gasteiger partial charge on any atom is 0.335 e. The Labute approximate surface area is 242 Å². The number of pyridine rings is 1. The highest BCUT2D eigenvalue weighted by Gasteiger charge is 2.58. The van der Waals surface area contributed by atoms with Gasteiger partial charge in [0.2, 0.25) is 5.88 Å². The van der Waals surface area contributed by atoms with Crippen LogP contribution < -0.4 is 4.74 Å². The third-order valence-corrected chi connectivity index (χ3v) is 8.98. The van der Waals surface area contributed by atoms with Crippen LogP contribution in [0.5, 0.6) is 5.88 Å². The second-order valence-electron chi connectivity index (χ2n) is 11.5. The van der Waals surface area contributed by atoms with Gasteiger partial charge in [-0.25, -0.2) is 19.2 Å². The van der Waals surface area contributed by atoms with Crippen molar-refractivity contribution in [2.45, 2.75) is 50.5 Å². The van der Waals surface area contributed by atoms with Gasteiger partial charge in [-0.15, -0.1) is 0 Å². The van der Waals surface area contributed by atoms with E-state index in [0.29, 0.717) is 30.5 Å². The molecule has 9 nitrogen and oxygen atoms in total. The maximum atomic E-state index is 14.0. The minimum absolute atomic E-state index is 0.0149. The summed E-state index contributed by atoms with van der Waals surface area (Å²) in [6, 6.07) is 17.3. The zero-order valence-corrected chi connectivity index (χ0v) is 23.0. The SMILES string of the molecule is N#Cc1ccc(COc2cccc(C34CCN(Cc5nc6ccc(C(=O)O)cc6n5CC5CCO5)CC3C4)n2)cc1F. The lowest BCUT2D eigenvalue weighted by molar-refractivity contribution is -0.0592. The quantitative estimate of drug-likeness (QED) is 0.310. The van der Waals surface area contributed by atoms with Crippen LogP contribution in [0.1, 0.15) is 52.3 Å². The first-order valence-corrected chi connectivity index (χ1v) is 14.3. The van der Waals surface area contributed by atoms with Gasteiger partial charge in [-0.1, -0.05) is 12.1 Å². The largest absolute Gasteiger partial charge is 0.478 e. The molecule has 2 aromatic heterocycles. The average Bonchev–Trinajstić information content (AvgIpc) is 3.61. The molecule has 1 N–H and O–H groups in total. The molecule has 3 atom stereocenters. The van der Waals surface area contributed by atoms with Crippen molar-refractivity contribution in [3.8, 4) is 11.9 Å². The minimum Gasteiger partial charge on any atom is -0.478 e. The lowest BCUT2D eigenvalue weighted by atomic mass is 9.91. The summed E-state index contributed by atoms with van der Waals surface area (Å²) in [5.41, 5.74) is 3.62. The van der Waals surface area contributed by atoms with Crippen LogP contribution >= 0.6 is 0 Å². The molecule has 0 radical (unpaired) electrons. The number of carboxylic acids is 1. The van der Waals surface area contributed by atoms with Gasteiger partial charge in [-0.05, 0) is 73.7 Å². The molecule has 4 heterocycles. The molecule has 1 saturated carbocycles. The van der Waals surface area contributed by atoms with E-state index in [1.54, 1.807) is 24.3 Å². The van der Waals surface area contributed by atoms with Gasteiger partial charge in [0, 0.05) is 24.6 Å². The molecule has 3 fully saturated rings. The van der Waals surface area contributed by atoms with Gasteiger partial charge in [0.25, 0.3) is 0 Å². The van der Waals surface area contributed by atoms with Gasteiger partial charge >= 0.3 is 5.97 Å². The molecule has 0 amide bonds. The highest BCUT2D eigenvalue weighted by molar-refractivity contribution is 5.92. The highest BCUT2D eigenvalue weighted by atomic mass is 19.1. The molecule has 4 aromatic rings. The van der Waals surface area contributed by atoms with E-state index >= 15 is 0 Å². The molecule has 0 spiro atoms. The van der Waals surface area contributed by atoms with E-state index in [4.69, 9.17) is 24.7 Å². The number of aromatic carboxylic acids is 1. The second kappa shape index (κ2) is 10.5. The summed E-state index contributed by atoms with van der Waals surface area (Å²) in [7, 11) is 0. The molecule has 2 aromatic carbocycles. The number of nitrogens with zero attached hydrogens (tertiary/aromatic N) is 5. The van der Waals surface area contributed by atoms with Gasteiger partial charge < -0.3 is 19.1 Å². The fourth-order valence-corrected chi connectivity index (χ4v) is 6.40. The molecule has 42 heavy (non-hydrogen) atoms. The fraction of sp³-hybridized carbons (Fsp3) is 0.375. The number of imidazole rings is 1. The fourth-order valence-electron chi connectivity index (χ4n) is 6.40. The average molecular weight is 568 g/mol. The zero-order valence-electron chi connectivity index (χ0n) is 23.0. The van der Waals surface area contributed by atoms with Crippen LogP contribution in [0.25, 0.3) is 11.0 Å². The number of likely N-dealkylation sites (tertiary alicyclic amines) is 1. The van der Waals surface area contributed by atoms with Crippen molar-refractivity contribution < 1.29 is 23.8 Å². The van der Waals surface area contributed by atoms with Gasteiger partial charge in [0.1, 0.15) is 24.3 Å². The van der Waals surface area contributed by atoms with Gasteiger partial charge in [-0.3, -0.25) is 4.90 Å². The number of nitriles is 1. The van der Waals surface area contributed by atoms with Gasteiger partial charge in [0.15, 0.2) is 0 Å². The van der Waals surface area contributed by atoms with E-state index in [1.165, 1.54) is 12.1 Å². The van der Waals surface area contributed by atoms with Crippen molar-refractivity contribution in [1.29, 1.82) is 5.26 Å². The lowest BCUT2D eigenvalue weighted by Gasteiger charge is -2.32. The van der Waals surface area contributed by atoms with Crippen LogP contribution in [0, 0.1) is 23.1 Å². The lowest BCUT2D eigenvalue weighted by Crippen LogP contribution is -2.37. The normalized spacial score (nSPS) is 23.1. The minimum atomic E-state index is -0.946. The highest BCUT2D eigenvalue weighted by Crippen LogP contribution is 2.59. The summed E-state index contributed by atoms with van der Waals surface area (Å²) >= 11 is 0. The van der Waals surface area contributed by atoms with E-state index in [2.05, 4.69) is 15.5 Å². The van der Waals surface area contributed by atoms with Crippen LogP contribution in [0.15, 0.2) is 54.6 Å². The molecule has 214 valence electrons. The summed E-state index contributed by atoms with van der Waals surface area (Å²) < 4.78 is 27.7. The summed E-state index contributed by atoms with van der Waals surface area (Å²) in [6.07, 6.45) is 3.16. The Kier molecular flexibility index (Phi) is 6.64. The van der Waals surface area contributed by atoms with E-state index < -0.39 is 11.8 Å². The maximum absolute atomic E-state index is 14.0.